The van der Waals surface area contributed by atoms with Gasteiger partial charge in [0, 0.05) is 40.0 Å². The predicted octanol–water partition coefficient (Wildman–Crippen LogP) is 2.94. The Morgan fingerprint density at radius 1 is 1.00 bits per heavy atom. The summed E-state index contributed by atoms with van der Waals surface area (Å²) < 4.78 is 11.5. The molecular weight excluding hydrogens is 405 g/mol. The second-order valence-corrected chi connectivity index (χ2v) is 6.43. The maximum atomic E-state index is 5.85. The molecule has 0 aromatic rings. The van der Waals surface area contributed by atoms with Gasteiger partial charge in [-0.3, -0.25) is 4.99 Å². The van der Waals surface area contributed by atoms with Crippen LogP contribution in [0, 0.1) is 5.92 Å². The van der Waals surface area contributed by atoms with E-state index in [0.717, 1.165) is 57.6 Å². The lowest BCUT2D eigenvalue weighted by atomic mass is 10.3. The summed E-state index contributed by atoms with van der Waals surface area (Å²) in [6, 6.07) is 0. The van der Waals surface area contributed by atoms with Crippen LogP contribution in [0.1, 0.15) is 51.4 Å². The van der Waals surface area contributed by atoms with Crippen LogP contribution in [-0.4, -0.2) is 52.0 Å². The quantitative estimate of drug-likeness (QED) is 0.225. The number of halogens is 1. The fourth-order valence-electron chi connectivity index (χ4n) is 2.72. The van der Waals surface area contributed by atoms with Gasteiger partial charge in [-0.15, -0.1) is 24.0 Å². The third-order valence-corrected chi connectivity index (χ3v) is 4.30. The molecule has 2 rings (SSSR count). The van der Waals surface area contributed by atoms with Crippen molar-refractivity contribution < 1.29 is 9.47 Å². The summed E-state index contributed by atoms with van der Waals surface area (Å²) in [5.74, 6) is 1.73. The molecule has 0 amide bonds. The Labute approximate surface area is 158 Å². The first-order valence-electron chi connectivity index (χ1n) is 9.02. The normalized spacial score (nSPS) is 18.7. The van der Waals surface area contributed by atoms with Gasteiger partial charge in [0.25, 0.3) is 0 Å². The van der Waals surface area contributed by atoms with Gasteiger partial charge in [0.1, 0.15) is 0 Å². The van der Waals surface area contributed by atoms with Crippen molar-refractivity contribution in [2.45, 2.75) is 57.5 Å². The minimum absolute atomic E-state index is 0. The summed E-state index contributed by atoms with van der Waals surface area (Å²) in [5, 5.41) is 6.66. The standard InChI is InChI=1S/C17H33N3O2.HI/c1-18-17(19-10-4-12-21-14-15-8-9-15)20-11-5-13-22-16-6-2-3-7-16;/h15-16H,2-14H2,1H3,(H2,18,19,20);1H. The van der Waals surface area contributed by atoms with Crippen molar-refractivity contribution in [3.63, 3.8) is 0 Å². The topological polar surface area (TPSA) is 54.9 Å². The molecule has 136 valence electrons. The van der Waals surface area contributed by atoms with Crippen molar-refractivity contribution in [2.24, 2.45) is 10.9 Å². The Bertz CT molecular complexity index is 319. The lowest BCUT2D eigenvalue weighted by Gasteiger charge is -2.13. The number of nitrogens with one attached hydrogen (secondary N) is 2. The number of hydrogen-bond donors (Lipinski definition) is 2. The van der Waals surface area contributed by atoms with Crippen LogP contribution in [0.5, 0.6) is 0 Å². The molecule has 6 heteroatoms. The molecule has 0 spiro atoms. The first-order chi connectivity index (χ1) is 10.9. The maximum Gasteiger partial charge on any atom is 0.190 e. The zero-order chi connectivity index (χ0) is 15.5. The number of ether oxygens (including phenoxy) is 2. The molecule has 0 aromatic heterocycles. The molecule has 0 heterocycles. The van der Waals surface area contributed by atoms with Crippen LogP contribution >= 0.6 is 24.0 Å². The predicted molar refractivity (Wildman–Crippen MR) is 106 cm³/mol. The molecule has 0 saturated heterocycles. The van der Waals surface area contributed by atoms with Gasteiger partial charge < -0.3 is 20.1 Å². The van der Waals surface area contributed by atoms with Crippen molar-refractivity contribution in [3.8, 4) is 0 Å². The van der Waals surface area contributed by atoms with Crippen molar-refractivity contribution in [2.75, 3.05) is 40.0 Å². The number of nitrogens with zero attached hydrogens (tertiary/aromatic N) is 1. The Balaban J connectivity index is 0.00000264. The zero-order valence-electron chi connectivity index (χ0n) is 14.5. The average molecular weight is 439 g/mol. The van der Waals surface area contributed by atoms with Gasteiger partial charge in [-0.2, -0.15) is 0 Å². The highest BCUT2D eigenvalue weighted by Gasteiger charge is 2.20. The second kappa shape index (κ2) is 13.2. The summed E-state index contributed by atoms with van der Waals surface area (Å²) in [6.07, 6.45) is 10.5. The summed E-state index contributed by atoms with van der Waals surface area (Å²) in [7, 11) is 1.81. The smallest absolute Gasteiger partial charge is 0.190 e. The third-order valence-electron chi connectivity index (χ3n) is 4.30. The van der Waals surface area contributed by atoms with Gasteiger partial charge in [0.15, 0.2) is 5.96 Å². The molecule has 0 unspecified atom stereocenters. The highest BCUT2D eigenvalue weighted by atomic mass is 127. The summed E-state index contributed by atoms with van der Waals surface area (Å²) in [4.78, 5) is 4.23. The van der Waals surface area contributed by atoms with Crippen LogP contribution in [-0.2, 0) is 9.47 Å². The maximum absolute atomic E-state index is 5.85. The van der Waals surface area contributed by atoms with E-state index in [-0.39, 0.29) is 24.0 Å². The van der Waals surface area contributed by atoms with E-state index in [9.17, 15) is 0 Å². The minimum Gasteiger partial charge on any atom is -0.381 e. The van der Waals surface area contributed by atoms with E-state index in [4.69, 9.17) is 9.47 Å². The highest BCUT2D eigenvalue weighted by molar-refractivity contribution is 14.0. The van der Waals surface area contributed by atoms with Crippen LogP contribution in [0.3, 0.4) is 0 Å². The van der Waals surface area contributed by atoms with Crippen LogP contribution in [0.25, 0.3) is 0 Å². The molecule has 2 aliphatic carbocycles. The van der Waals surface area contributed by atoms with E-state index in [0.29, 0.717) is 6.10 Å². The molecule has 2 aliphatic rings. The van der Waals surface area contributed by atoms with E-state index in [1.165, 1.54) is 38.5 Å². The highest BCUT2D eigenvalue weighted by Crippen LogP contribution is 2.28. The third kappa shape index (κ3) is 10.4. The van der Waals surface area contributed by atoms with E-state index < -0.39 is 0 Å². The molecule has 2 saturated carbocycles. The summed E-state index contributed by atoms with van der Waals surface area (Å²) >= 11 is 0. The van der Waals surface area contributed by atoms with Gasteiger partial charge in [-0.1, -0.05) is 12.8 Å². The van der Waals surface area contributed by atoms with Crippen LogP contribution in [0.4, 0.5) is 0 Å². The molecule has 23 heavy (non-hydrogen) atoms. The zero-order valence-corrected chi connectivity index (χ0v) is 16.8. The SMILES string of the molecule is CN=C(NCCCOCC1CC1)NCCCOC1CCCC1.I. The number of rotatable bonds is 11. The number of aliphatic imine (C=N–C) groups is 1. The molecule has 0 aliphatic heterocycles. The van der Waals surface area contributed by atoms with Crippen LogP contribution in [0.2, 0.25) is 0 Å². The minimum atomic E-state index is 0. The average Bonchev–Trinajstić information content (AvgIpc) is 3.21. The molecular formula is C17H34IN3O2. The molecule has 0 aromatic carbocycles. The van der Waals surface area contributed by atoms with E-state index >= 15 is 0 Å². The van der Waals surface area contributed by atoms with Crippen molar-refractivity contribution >= 4 is 29.9 Å². The van der Waals surface area contributed by atoms with Gasteiger partial charge in [-0.05, 0) is 44.4 Å². The van der Waals surface area contributed by atoms with Crippen molar-refractivity contribution in [3.05, 3.63) is 0 Å². The fraction of sp³-hybridized carbons (Fsp3) is 0.941. The van der Waals surface area contributed by atoms with Crippen molar-refractivity contribution in [1.29, 1.82) is 0 Å². The largest absolute Gasteiger partial charge is 0.381 e. The fourth-order valence-corrected chi connectivity index (χ4v) is 2.72. The number of hydrogen-bond acceptors (Lipinski definition) is 3. The summed E-state index contributed by atoms with van der Waals surface area (Å²) in [6.45, 7) is 4.46. The number of guanidine groups is 1. The monoisotopic (exact) mass is 439 g/mol. The molecule has 2 N–H and O–H groups in total. The van der Waals surface area contributed by atoms with Gasteiger partial charge >= 0.3 is 0 Å². The molecule has 0 radical (unpaired) electrons. The molecule has 5 nitrogen and oxygen atoms in total. The molecule has 2 fully saturated rings. The summed E-state index contributed by atoms with van der Waals surface area (Å²) in [5.41, 5.74) is 0. The Morgan fingerprint density at radius 3 is 2.26 bits per heavy atom. The van der Waals surface area contributed by atoms with Gasteiger partial charge in [0.2, 0.25) is 0 Å². The second-order valence-electron chi connectivity index (χ2n) is 6.43. The lowest BCUT2D eigenvalue weighted by Crippen LogP contribution is -2.38. The Hall–Kier alpha value is -0.0800. The van der Waals surface area contributed by atoms with Gasteiger partial charge in [0.05, 0.1) is 6.10 Å². The van der Waals surface area contributed by atoms with E-state index in [1.54, 1.807) is 0 Å². The van der Waals surface area contributed by atoms with Gasteiger partial charge in [-0.25, -0.2) is 0 Å². The van der Waals surface area contributed by atoms with E-state index in [2.05, 4.69) is 15.6 Å². The Kier molecular flexibility index (Phi) is 12.1. The first kappa shape index (κ1) is 21.0. The van der Waals surface area contributed by atoms with E-state index in [1.807, 2.05) is 7.05 Å². The van der Waals surface area contributed by atoms with Crippen LogP contribution < -0.4 is 10.6 Å². The molecule has 0 bridgehead atoms. The lowest BCUT2D eigenvalue weighted by molar-refractivity contribution is 0.0574. The molecule has 0 atom stereocenters. The first-order valence-corrected chi connectivity index (χ1v) is 9.02. The Morgan fingerprint density at radius 2 is 1.65 bits per heavy atom. The van der Waals surface area contributed by atoms with Crippen molar-refractivity contribution in [1.82, 2.24) is 10.6 Å². The van der Waals surface area contributed by atoms with Crippen LogP contribution in [0.15, 0.2) is 4.99 Å².